The molecule has 1 saturated heterocycles. The van der Waals surface area contributed by atoms with Crippen LogP contribution >= 0.6 is 0 Å². The van der Waals surface area contributed by atoms with Crippen LogP contribution < -0.4 is 11.1 Å². The lowest BCUT2D eigenvalue weighted by molar-refractivity contribution is 0.0284. The second-order valence-electron chi connectivity index (χ2n) is 4.59. The summed E-state index contributed by atoms with van der Waals surface area (Å²) in [5, 5.41) is 3.06. The standard InChI is InChI=1S/C13H19N3O/c1-13(8-5-9-17-13)10-15-12(14)16-11-6-3-2-4-7-11/h2-4,6-7H,5,8-10H2,1H3,(H3,14,15,16). The minimum absolute atomic E-state index is 0.136. The molecule has 0 bridgehead atoms. The number of hydrogen-bond donors (Lipinski definition) is 2. The summed E-state index contributed by atoms with van der Waals surface area (Å²) in [7, 11) is 0. The van der Waals surface area contributed by atoms with E-state index in [9.17, 15) is 0 Å². The van der Waals surface area contributed by atoms with Gasteiger partial charge in [0.15, 0.2) is 5.96 Å². The Bertz CT molecular complexity index is 383. The molecule has 0 saturated carbocycles. The highest BCUT2D eigenvalue weighted by atomic mass is 16.5. The molecule has 0 radical (unpaired) electrons. The molecule has 0 aromatic heterocycles. The first-order chi connectivity index (χ1) is 8.18. The summed E-state index contributed by atoms with van der Waals surface area (Å²) >= 11 is 0. The molecule has 2 rings (SSSR count). The van der Waals surface area contributed by atoms with Crippen LogP contribution in [0.25, 0.3) is 0 Å². The van der Waals surface area contributed by atoms with E-state index >= 15 is 0 Å². The zero-order valence-electron chi connectivity index (χ0n) is 10.1. The number of nitrogens with zero attached hydrogens (tertiary/aromatic N) is 1. The summed E-state index contributed by atoms with van der Waals surface area (Å²) in [4.78, 5) is 4.33. The van der Waals surface area contributed by atoms with Crippen LogP contribution in [0.2, 0.25) is 0 Å². The van der Waals surface area contributed by atoms with Gasteiger partial charge in [0, 0.05) is 12.3 Å². The average molecular weight is 233 g/mol. The van der Waals surface area contributed by atoms with E-state index in [0.717, 1.165) is 25.1 Å². The number of rotatable bonds is 3. The van der Waals surface area contributed by atoms with Crippen molar-refractivity contribution in [1.82, 2.24) is 0 Å². The third kappa shape index (κ3) is 3.46. The third-order valence-electron chi connectivity index (χ3n) is 2.93. The van der Waals surface area contributed by atoms with Crippen molar-refractivity contribution in [2.24, 2.45) is 10.7 Å². The summed E-state index contributed by atoms with van der Waals surface area (Å²) in [6.45, 7) is 3.52. The second kappa shape index (κ2) is 5.19. The van der Waals surface area contributed by atoms with Gasteiger partial charge >= 0.3 is 0 Å². The Morgan fingerprint density at radius 2 is 2.24 bits per heavy atom. The molecule has 17 heavy (non-hydrogen) atoms. The average Bonchev–Trinajstić information content (AvgIpc) is 2.76. The number of guanidine groups is 1. The molecular weight excluding hydrogens is 214 g/mol. The fraction of sp³-hybridized carbons (Fsp3) is 0.462. The number of aliphatic imine (C=N–C) groups is 1. The molecule has 1 aliphatic rings. The number of para-hydroxylation sites is 1. The molecule has 3 N–H and O–H groups in total. The molecule has 0 amide bonds. The van der Waals surface area contributed by atoms with Crippen molar-refractivity contribution in [1.29, 1.82) is 0 Å². The first-order valence-corrected chi connectivity index (χ1v) is 5.94. The van der Waals surface area contributed by atoms with E-state index in [4.69, 9.17) is 10.5 Å². The SMILES string of the molecule is CC1(CN=C(N)Nc2ccccc2)CCCO1. The molecule has 1 atom stereocenters. The van der Waals surface area contributed by atoms with Crippen LogP contribution in [0.1, 0.15) is 19.8 Å². The van der Waals surface area contributed by atoms with Crippen molar-refractivity contribution < 1.29 is 4.74 Å². The van der Waals surface area contributed by atoms with E-state index in [0.29, 0.717) is 12.5 Å². The van der Waals surface area contributed by atoms with Crippen molar-refractivity contribution in [2.75, 3.05) is 18.5 Å². The molecule has 1 unspecified atom stereocenters. The normalized spacial score (nSPS) is 24.9. The predicted molar refractivity (Wildman–Crippen MR) is 70.1 cm³/mol. The molecule has 0 spiro atoms. The Kier molecular flexibility index (Phi) is 3.64. The molecule has 1 aromatic rings. The molecule has 92 valence electrons. The minimum atomic E-state index is -0.136. The van der Waals surface area contributed by atoms with Crippen molar-refractivity contribution in [3.05, 3.63) is 30.3 Å². The van der Waals surface area contributed by atoms with E-state index in [1.807, 2.05) is 30.3 Å². The van der Waals surface area contributed by atoms with E-state index in [1.165, 1.54) is 0 Å². The van der Waals surface area contributed by atoms with Crippen molar-refractivity contribution in [3.63, 3.8) is 0 Å². The number of nitrogens with one attached hydrogen (secondary N) is 1. The van der Waals surface area contributed by atoms with E-state index in [1.54, 1.807) is 0 Å². The molecule has 4 heteroatoms. The molecule has 0 aliphatic carbocycles. The van der Waals surface area contributed by atoms with Crippen LogP contribution in [-0.4, -0.2) is 24.7 Å². The monoisotopic (exact) mass is 233 g/mol. The predicted octanol–water partition coefficient (Wildman–Crippen LogP) is 1.98. The van der Waals surface area contributed by atoms with E-state index in [2.05, 4.69) is 17.2 Å². The zero-order chi connectivity index (χ0) is 12.1. The summed E-state index contributed by atoms with van der Waals surface area (Å²) in [5.41, 5.74) is 6.64. The third-order valence-corrected chi connectivity index (χ3v) is 2.93. The van der Waals surface area contributed by atoms with Gasteiger partial charge in [0.2, 0.25) is 0 Å². The van der Waals surface area contributed by atoms with Crippen molar-refractivity contribution in [2.45, 2.75) is 25.4 Å². The van der Waals surface area contributed by atoms with Gasteiger partial charge in [0.05, 0.1) is 12.1 Å². The quantitative estimate of drug-likeness (QED) is 0.620. The highest BCUT2D eigenvalue weighted by Gasteiger charge is 2.29. The summed E-state index contributed by atoms with van der Waals surface area (Å²) < 4.78 is 5.65. The van der Waals surface area contributed by atoms with Gasteiger partial charge in [-0.1, -0.05) is 18.2 Å². The lowest BCUT2D eigenvalue weighted by atomic mass is 10.0. The van der Waals surface area contributed by atoms with Gasteiger partial charge in [-0.2, -0.15) is 0 Å². The zero-order valence-corrected chi connectivity index (χ0v) is 10.1. The van der Waals surface area contributed by atoms with Crippen LogP contribution in [0.15, 0.2) is 35.3 Å². The fourth-order valence-corrected chi connectivity index (χ4v) is 1.92. The fourth-order valence-electron chi connectivity index (χ4n) is 1.92. The maximum atomic E-state index is 5.83. The highest BCUT2D eigenvalue weighted by Crippen LogP contribution is 2.24. The first-order valence-electron chi connectivity index (χ1n) is 5.94. The van der Waals surface area contributed by atoms with Gasteiger partial charge in [-0.05, 0) is 31.9 Å². The summed E-state index contributed by atoms with van der Waals surface area (Å²) in [5.74, 6) is 0.438. The van der Waals surface area contributed by atoms with Gasteiger partial charge in [0.1, 0.15) is 0 Å². The van der Waals surface area contributed by atoms with E-state index < -0.39 is 0 Å². The van der Waals surface area contributed by atoms with Gasteiger partial charge in [-0.25, -0.2) is 0 Å². The molecule has 1 aromatic carbocycles. The molecular formula is C13H19N3O. The number of nitrogens with two attached hydrogens (primary N) is 1. The van der Waals surface area contributed by atoms with Crippen LogP contribution in [0.3, 0.4) is 0 Å². The Labute approximate surface area is 102 Å². The number of hydrogen-bond acceptors (Lipinski definition) is 2. The van der Waals surface area contributed by atoms with E-state index in [-0.39, 0.29) is 5.60 Å². The molecule has 4 nitrogen and oxygen atoms in total. The number of benzene rings is 1. The topological polar surface area (TPSA) is 59.6 Å². The van der Waals surface area contributed by atoms with Crippen LogP contribution in [0.4, 0.5) is 5.69 Å². The summed E-state index contributed by atoms with van der Waals surface area (Å²) in [6, 6.07) is 9.78. The Balaban J connectivity index is 1.89. The Morgan fingerprint density at radius 3 is 2.88 bits per heavy atom. The van der Waals surface area contributed by atoms with Gasteiger partial charge in [0.25, 0.3) is 0 Å². The van der Waals surface area contributed by atoms with Crippen molar-refractivity contribution >= 4 is 11.6 Å². The van der Waals surface area contributed by atoms with Gasteiger partial charge in [-0.3, -0.25) is 4.99 Å². The smallest absolute Gasteiger partial charge is 0.193 e. The molecule has 1 heterocycles. The minimum Gasteiger partial charge on any atom is -0.373 e. The maximum Gasteiger partial charge on any atom is 0.193 e. The lowest BCUT2D eigenvalue weighted by Gasteiger charge is -2.20. The Hall–Kier alpha value is -1.55. The van der Waals surface area contributed by atoms with Gasteiger partial charge < -0.3 is 15.8 Å². The number of anilines is 1. The van der Waals surface area contributed by atoms with Crippen LogP contribution in [0.5, 0.6) is 0 Å². The van der Waals surface area contributed by atoms with Crippen LogP contribution in [0, 0.1) is 0 Å². The summed E-state index contributed by atoms with van der Waals surface area (Å²) in [6.07, 6.45) is 2.16. The lowest BCUT2D eigenvalue weighted by Crippen LogP contribution is -2.30. The van der Waals surface area contributed by atoms with Crippen molar-refractivity contribution in [3.8, 4) is 0 Å². The Morgan fingerprint density at radius 1 is 1.47 bits per heavy atom. The molecule has 1 aliphatic heterocycles. The van der Waals surface area contributed by atoms with Gasteiger partial charge in [-0.15, -0.1) is 0 Å². The largest absolute Gasteiger partial charge is 0.373 e. The maximum absolute atomic E-state index is 5.83. The first kappa shape index (κ1) is 11.9. The number of ether oxygens (including phenoxy) is 1. The highest BCUT2D eigenvalue weighted by molar-refractivity contribution is 5.92. The molecule has 1 fully saturated rings. The van der Waals surface area contributed by atoms with Crippen LogP contribution in [-0.2, 0) is 4.74 Å². The second-order valence-corrected chi connectivity index (χ2v) is 4.59.